The summed E-state index contributed by atoms with van der Waals surface area (Å²) in [6, 6.07) is 2.02. The van der Waals surface area contributed by atoms with Gasteiger partial charge in [-0.25, -0.2) is 4.79 Å². The lowest BCUT2D eigenvalue weighted by Gasteiger charge is -2.30. The third-order valence-electron chi connectivity index (χ3n) is 6.86. The third kappa shape index (κ3) is 4.16. The van der Waals surface area contributed by atoms with Crippen molar-refractivity contribution < 1.29 is 23.5 Å². The molecule has 1 saturated heterocycles. The highest BCUT2D eigenvalue weighted by atomic mass is 16.4. The Morgan fingerprint density at radius 2 is 1.88 bits per heavy atom. The monoisotopic (exact) mass is 453 g/mol. The Bertz CT molecular complexity index is 1310. The zero-order chi connectivity index (χ0) is 24.1. The molecule has 4 rings (SSSR count). The third-order valence-corrected chi connectivity index (χ3v) is 6.86. The molecule has 1 amide bonds. The Balaban J connectivity index is 1.67. The molecule has 1 N–H and O–H groups in total. The number of amides is 1. The van der Waals surface area contributed by atoms with Gasteiger partial charge in [0, 0.05) is 47.0 Å². The van der Waals surface area contributed by atoms with Gasteiger partial charge in [0.15, 0.2) is 0 Å². The summed E-state index contributed by atoms with van der Waals surface area (Å²) in [5.74, 6) is -1.52. The molecule has 1 aliphatic heterocycles. The molecule has 0 aliphatic carbocycles. The number of furan rings is 1. The van der Waals surface area contributed by atoms with E-state index in [-0.39, 0.29) is 30.7 Å². The molecule has 33 heavy (non-hydrogen) atoms. The van der Waals surface area contributed by atoms with Crippen LogP contribution in [0.5, 0.6) is 0 Å². The minimum Gasteiger partial charge on any atom is -0.481 e. The first-order valence-corrected chi connectivity index (χ1v) is 11.5. The van der Waals surface area contributed by atoms with Gasteiger partial charge in [-0.05, 0) is 50.2 Å². The lowest BCUT2D eigenvalue weighted by atomic mass is 9.86. The van der Waals surface area contributed by atoms with Gasteiger partial charge in [-0.3, -0.25) is 9.59 Å². The molecule has 0 spiro atoms. The molecule has 2 aromatic heterocycles. The van der Waals surface area contributed by atoms with Crippen molar-refractivity contribution in [1.82, 2.24) is 4.90 Å². The van der Waals surface area contributed by atoms with Gasteiger partial charge in [0.25, 0.3) is 0 Å². The number of hydrogen-bond acceptors (Lipinski definition) is 5. The van der Waals surface area contributed by atoms with Crippen molar-refractivity contribution in [2.75, 3.05) is 13.1 Å². The molecule has 1 unspecified atom stereocenters. The molecule has 7 nitrogen and oxygen atoms in total. The summed E-state index contributed by atoms with van der Waals surface area (Å²) in [7, 11) is 0. The van der Waals surface area contributed by atoms with Gasteiger partial charge in [-0.1, -0.05) is 20.8 Å². The van der Waals surface area contributed by atoms with Crippen molar-refractivity contribution in [1.29, 1.82) is 0 Å². The molecule has 1 aromatic carbocycles. The normalized spacial score (nSPS) is 17.1. The summed E-state index contributed by atoms with van der Waals surface area (Å²) in [6.07, 6.45) is 3.43. The quantitative estimate of drug-likeness (QED) is 0.574. The zero-order valence-electron chi connectivity index (χ0n) is 19.9. The second-order valence-electron chi connectivity index (χ2n) is 10.2. The standard InChI is InChI=1S/C26H31NO6/c1-14-17(8-9-21(28)27-10-6-7-16(12-27)24(29)30)25(31)33-23-15(2)22-19(11-18(14)23)20(13-32-22)26(3,4)5/h11,13,16H,6-10,12H2,1-5H3,(H,29,30). The molecule has 1 fully saturated rings. The Kier molecular flexibility index (Phi) is 5.85. The number of aliphatic carboxylic acids is 1. The molecular weight excluding hydrogens is 422 g/mol. The predicted octanol–water partition coefficient (Wildman–Crippen LogP) is 4.71. The number of hydrogen-bond donors (Lipinski definition) is 1. The van der Waals surface area contributed by atoms with Crippen molar-refractivity contribution in [3.05, 3.63) is 45.0 Å². The van der Waals surface area contributed by atoms with E-state index in [4.69, 9.17) is 8.83 Å². The Morgan fingerprint density at radius 1 is 1.15 bits per heavy atom. The van der Waals surface area contributed by atoms with Crippen LogP contribution in [-0.4, -0.2) is 35.0 Å². The maximum Gasteiger partial charge on any atom is 0.339 e. The topological polar surface area (TPSA) is 101 Å². The van der Waals surface area contributed by atoms with Crippen LogP contribution >= 0.6 is 0 Å². The SMILES string of the molecule is Cc1c(CCC(=O)N2CCCC(C(=O)O)C2)c(=O)oc2c(C)c3occ(C(C)(C)C)c3cc12. The van der Waals surface area contributed by atoms with Gasteiger partial charge in [0.1, 0.15) is 11.2 Å². The number of likely N-dealkylation sites (tertiary alicyclic amines) is 1. The smallest absolute Gasteiger partial charge is 0.339 e. The first-order valence-electron chi connectivity index (χ1n) is 11.5. The lowest BCUT2D eigenvalue weighted by molar-refractivity contribution is -0.145. The number of carbonyl (C=O) groups excluding carboxylic acids is 1. The zero-order valence-corrected chi connectivity index (χ0v) is 19.9. The summed E-state index contributed by atoms with van der Waals surface area (Å²) >= 11 is 0. The molecule has 0 saturated carbocycles. The molecule has 176 valence electrons. The highest BCUT2D eigenvalue weighted by Crippen LogP contribution is 2.37. The average Bonchev–Trinajstić information content (AvgIpc) is 3.19. The fourth-order valence-electron chi connectivity index (χ4n) is 4.86. The first-order chi connectivity index (χ1) is 15.5. The number of benzene rings is 1. The fraction of sp³-hybridized carbons (Fsp3) is 0.500. The van der Waals surface area contributed by atoms with Crippen LogP contribution in [0.3, 0.4) is 0 Å². The van der Waals surface area contributed by atoms with Gasteiger partial charge >= 0.3 is 11.6 Å². The second-order valence-corrected chi connectivity index (χ2v) is 10.2. The largest absolute Gasteiger partial charge is 0.481 e. The first kappa shape index (κ1) is 23.1. The van der Waals surface area contributed by atoms with Crippen LogP contribution in [0.1, 0.15) is 62.3 Å². The van der Waals surface area contributed by atoms with E-state index in [1.807, 2.05) is 19.9 Å². The molecular formula is C26H31NO6. The number of piperidine rings is 1. The highest BCUT2D eigenvalue weighted by Gasteiger charge is 2.28. The van der Waals surface area contributed by atoms with Gasteiger partial charge in [0.05, 0.1) is 12.2 Å². The van der Waals surface area contributed by atoms with Crippen molar-refractivity contribution >= 4 is 33.8 Å². The van der Waals surface area contributed by atoms with Crippen molar-refractivity contribution in [2.45, 2.75) is 65.7 Å². The number of aryl methyl sites for hydroxylation is 2. The summed E-state index contributed by atoms with van der Waals surface area (Å²) in [5, 5.41) is 11.1. The van der Waals surface area contributed by atoms with Crippen LogP contribution in [0.4, 0.5) is 0 Å². The van der Waals surface area contributed by atoms with E-state index in [9.17, 15) is 19.5 Å². The predicted molar refractivity (Wildman–Crippen MR) is 126 cm³/mol. The number of fused-ring (bicyclic) bond motifs is 2. The molecule has 0 bridgehead atoms. The molecule has 1 atom stereocenters. The summed E-state index contributed by atoms with van der Waals surface area (Å²) < 4.78 is 11.6. The molecule has 1 aliphatic rings. The second kappa shape index (κ2) is 8.36. The maximum atomic E-state index is 12.8. The van der Waals surface area contributed by atoms with Crippen LogP contribution < -0.4 is 5.63 Å². The molecule has 3 aromatic rings. The van der Waals surface area contributed by atoms with E-state index in [2.05, 4.69) is 20.8 Å². The van der Waals surface area contributed by atoms with Gasteiger partial charge in [-0.15, -0.1) is 0 Å². The van der Waals surface area contributed by atoms with Crippen molar-refractivity contribution in [2.24, 2.45) is 5.92 Å². The van der Waals surface area contributed by atoms with E-state index in [0.717, 1.165) is 33.0 Å². The van der Waals surface area contributed by atoms with E-state index in [1.165, 1.54) is 0 Å². The van der Waals surface area contributed by atoms with Crippen molar-refractivity contribution in [3.8, 4) is 0 Å². The summed E-state index contributed by atoms with van der Waals surface area (Å²) in [4.78, 5) is 38.5. The van der Waals surface area contributed by atoms with Crippen LogP contribution in [0, 0.1) is 19.8 Å². The number of rotatable bonds is 4. The minimum atomic E-state index is -0.867. The van der Waals surface area contributed by atoms with E-state index >= 15 is 0 Å². The van der Waals surface area contributed by atoms with E-state index < -0.39 is 17.5 Å². The van der Waals surface area contributed by atoms with Gasteiger partial charge < -0.3 is 18.8 Å². The number of carbonyl (C=O) groups is 2. The number of carboxylic acids is 1. The van der Waals surface area contributed by atoms with Crippen LogP contribution in [0.2, 0.25) is 0 Å². The fourth-order valence-corrected chi connectivity index (χ4v) is 4.86. The molecule has 7 heteroatoms. The van der Waals surface area contributed by atoms with Crippen LogP contribution in [0.25, 0.3) is 21.9 Å². The van der Waals surface area contributed by atoms with Crippen LogP contribution in [-0.2, 0) is 21.4 Å². The van der Waals surface area contributed by atoms with Gasteiger partial charge in [-0.2, -0.15) is 0 Å². The average molecular weight is 454 g/mol. The number of nitrogens with zero attached hydrogens (tertiary/aromatic N) is 1. The van der Waals surface area contributed by atoms with Crippen LogP contribution in [0.15, 0.2) is 26.0 Å². The Hall–Kier alpha value is -3.09. The lowest BCUT2D eigenvalue weighted by Crippen LogP contribution is -2.42. The highest BCUT2D eigenvalue weighted by molar-refractivity contribution is 6.00. The van der Waals surface area contributed by atoms with Crippen molar-refractivity contribution in [3.63, 3.8) is 0 Å². The molecule has 3 heterocycles. The minimum absolute atomic E-state index is 0.105. The number of carboxylic acid groups (broad SMARTS) is 1. The van der Waals surface area contributed by atoms with E-state index in [0.29, 0.717) is 30.5 Å². The summed E-state index contributed by atoms with van der Waals surface area (Å²) in [5.41, 5.74) is 3.85. The molecule has 0 radical (unpaired) electrons. The van der Waals surface area contributed by atoms with Gasteiger partial charge in [0.2, 0.25) is 5.91 Å². The maximum absolute atomic E-state index is 12.8. The Labute approximate surface area is 192 Å². The Morgan fingerprint density at radius 3 is 2.55 bits per heavy atom. The van der Waals surface area contributed by atoms with E-state index in [1.54, 1.807) is 11.2 Å². The summed E-state index contributed by atoms with van der Waals surface area (Å²) in [6.45, 7) is 10.9.